The van der Waals surface area contributed by atoms with Gasteiger partial charge >= 0.3 is 6.61 Å². The van der Waals surface area contributed by atoms with E-state index < -0.39 is 12.5 Å². The van der Waals surface area contributed by atoms with Gasteiger partial charge < -0.3 is 10.1 Å². The second kappa shape index (κ2) is 8.22. The monoisotopic (exact) mass is 371 g/mol. The summed E-state index contributed by atoms with van der Waals surface area (Å²) in [4.78, 5) is 24.4. The third-order valence-electron chi connectivity index (χ3n) is 3.66. The van der Waals surface area contributed by atoms with Crippen molar-refractivity contribution in [2.75, 3.05) is 0 Å². The first-order valence-electron chi connectivity index (χ1n) is 8.01. The van der Waals surface area contributed by atoms with Gasteiger partial charge in [-0.2, -0.15) is 18.6 Å². The van der Waals surface area contributed by atoms with E-state index in [1.165, 1.54) is 18.2 Å². The number of rotatable bonds is 6. The molecule has 1 N–H and O–H groups in total. The van der Waals surface area contributed by atoms with E-state index in [0.717, 1.165) is 4.68 Å². The zero-order valence-corrected chi connectivity index (χ0v) is 14.0. The van der Waals surface area contributed by atoms with Crippen LogP contribution in [0.5, 0.6) is 5.75 Å². The van der Waals surface area contributed by atoms with Crippen molar-refractivity contribution in [2.45, 2.75) is 13.2 Å². The summed E-state index contributed by atoms with van der Waals surface area (Å²) in [7, 11) is 0. The molecule has 0 bridgehead atoms. The van der Waals surface area contributed by atoms with E-state index >= 15 is 0 Å². The minimum atomic E-state index is -2.96. The molecule has 6 nitrogen and oxygen atoms in total. The molecule has 0 aliphatic rings. The lowest BCUT2D eigenvalue weighted by Gasteiger charge is -2.11. The topological polar surface area (TPSA) is 73.2 Å². The van der Waals surface area contributed by atoms with Crippen molar-refractivity contribution >= 4 is 5.91 Å². The molecule has 2 aromatic carbocycles. The number of benzene rings is 2. The molecule has 0 spiro atoms. The Morgan fingerprint density at radius 3 is 2.48 bits per heavy atom. The lowest BCUT2D eigenvalue weighted by atomic mass is 10.2. The molecule has 0 saturated carbocycles. The fourth-order valence-corrected chi connectivity index (χ4v) is 2.41. The van der Waals surface area contributed by atoms with E-state index in [4.69, 9.17) is 0 Å². The van der Waals surface area contributed by atoms with Gasteiger partial charge in [-0.25, -0.2) is 0 Å². The van der Waals surface area contributed by atoms with Crippen LogP contribution in [0.4, 0.5) is 8.78 Å². The van der Waals surface area contributed by atoms with Gasteiger partial charge in [0.15, 0.2) is 0 Å². The molecular formula is C19H15F2N3O3. The molecule has 0 atom stereocenters. The molecule has 0 radical (unpaired) electrons. The third kappa shape index (κ3) is 4.55. The van der Waals surface area contributed by atoms with Crippen LogP contribution >= 0.6 is 0 Å². The molecule has 1 heterocycles. The Kier molecular flexibility index (Phi) is 5.55. The highest BCUT2D eigenvalue weighted by Gasteiger charge is 2.13. The standard InChI is InChI=1S/C19H15F2N3O3/c20-19(21)27-16-9-5-4-6-13(16)12-22-18(26)15-10-11-17(25)24(23-15)14-7-2-1-3-8-14/h1-11,19H,12H2,(H,22,26). The van der Waals surface area contributed by atoms with E-state index in [1.54, 1.807) is 48.5 Å². The Morgan fingerprint density at radius 1 is 1.04 bits per heavy atom. The van der Waals surface area contributed by atoms with Gasteiger partial charge in [-0.15, -0.1) is 0 Å². The van der Waals surface area contributed by atoms with Gasteiger partial charge in [0.1, 0.15) is 11.4 Å². The maximum Gasteiger partial charge on any atom is 0.387 e. The molecule has 8 heteroatoms. The number of aromatic nitrogens is 2. The van der Waals surface area contributed by atoms with E-state index in [-0.39, 0.29) is 23.5 Å². The number of halogens is 2. The normalized spacial score (nSPS) is 10.6. The number of nitrogens with one attached hydrogen (secondary N) is 1. The van der Waals surface area contributed by atoms with Gasteiger partial charge in [-0.05, 0) is 24.3 Å². The van der Waals surface area contributed by atoms with Gasteiger partial charge in [-0.3, -0.25) is 9.59 Å². The summed E-state index contributed by atoms with van der Waals surface area (Å²) in [5.74, 6) is -0.568. The van der Waals surface area contributed by atoms with E-state index in [2.05, 4.69) is 15.2 Å². The minimum absolute atomic E-state index is 0.0185. The SMILES string of the molecule is O=C(NCc1ccccc1OC(F)F)c1ccc(=O)n(-c2ccccc2)n1. The molecule has 0 aliphatic heterocycles. The van der Waals surface area contributed by atoms with Crippen molar-refractivity contribution in [3.8, 4) is 11.4 Å². The van der Waals surface area contributed by atoms with Crippen LogP contribution in [0.1, 0.15) is 16.1 Å². The van der Waals surface area contributed by atoms with Crippen LogP contribution in [-0.4, -0.2) is 22.3 Å². The summed E-state index contributed by atoms with van der Waals surface area (Å²) in [5.41, 5.74) is 0.550. The summed E-state index contributed by atoms with van der Waals surface area (Å²) in [6, 6.07) is 17.4. The van der Waals surface area contributed by atoms with Crippen LogP contribution in [0.25, 0.3) is 5.69 Å². The highest BCUT2D eigenvalue weighted by molar-refractivity contribution is 5.92. The first kappa shape index (κ1) is 18.2. The number of ether oxygens (including phenoxy) is 1. The maximum absolute atomic E-state index is 12.5. The molecule has 3 aromatic rings. The quantitative estimate of drug-likeness (QED) is 0.723. The molecule has 0 unspecified atom stereocenters. The maximum atomic E-state index is 12.5. The Bertz CT molecular complexity index is 991. The zero-order valence-electron chi connectivity index (χ0n) is 14.0. The predicted molar refractivity (Wildman–Crippen MR) is 94.1 cm³/mol. The predicted octanol–water partition coefficient (Wildman–Crippen LogP) is 2.76. The molecule has 0 saturated heterocycles. The van der Waals surface area contributed by atoms with E-state index in [9.17, 15) is 18.4 Å². The van der Waals surface area contributed by atoms with Gasteiger partial charge in [0.25, 0.3) is 11.5 Å². The molecule has 0 aliphatic carbocycles. The Balaban J connectivity index is 1.77. The molecule has 27 heavy (non-hydrogen) atoms. The molecular weight excluding hydrogens is 356 g/mol. The van der Waals surface area contributed by atoms with Crippen LogP contribution in [0.3, 0.4) is 0 Å². The summed E-state index contributed by atoms with van der Waals surface area (Å²) in [6.07, 6.45) is 0. The molecule has 1 amide bonds. The summed E-state index contributed by atoms with van der Waals surface area (Å²) >= 11 is 0. The fraction of sp³-hybridized carbons (Fsp3) is 0.105. The number of para-hydroxylation sites is 2. The van der Waals surface area contributed by atoms with Crippen molar-refractivity contribution in [2.24, 2.45) is 0 Å². The third-order valence-corrected chi connectivity index (χ3v) is 3.66. The zero-order chi connectivity index (χ0) is 19.2. The molecule has 1 aromatic heterocycles. The number of hydrogen-bond acceptors (Lipinski definition) is 4. The number of hydrogen-bond donors (Lipinski definition) is 1. The van der Waals surface area contributed by atoms with Crippen molar-refractivity contribution in [1.82, 2.24) is 15.1 Å². The summed E-state index contributed by atoms with van der Waals surface area (Å²) in [6.45, 7) is -2.99. The first-order chi connectivity index (χ1) is 13.0. The minimum Gasteiger partial charge on any atom is -0.434 e. The summed E-state index contributed by atoms with van der Waals surface area (Å²) < 4.78 is 30.5. The van der Waals surface area contributed by atoms with Crippen molar-refractivity contribution in [3.63, 3.8) is 0 Å². The first-order valence-corrected chi connectivity index (χ1v) is 8.01. The second-order valence-corrected chi connectivity index (χ2v) is 5.47. The van der Waals surface area contributed by atoms with Crippen LogP contribution in [-0.2, 0) is 6.54 Å². The van der Waals surface area contributed by atoms with Crippen molar-refractivity contribution in [1.29, 1.82) is 0 Å². The van der Waals surface area contributed by atoms with Gasteiger partial charge in [0.2, 0.25) is 0 Å². The van der Waals surface area contributed by atoms with Crippen LogP contribution in [0.2, 0.25) is 0 Å². The smallest absolute Gasteiger partial charge is 0.387 e. The summed E-state index contributed by atoms with van der Waals surface area (Å²) in [5, 5.41) is 6.65. The number of amides is 1. The van der Waals surface area contributed by atoms with Gasteiger partial charge in [-0.1, -0.05) is 36.4 Å². The lowest BCUT2D eigenvalue weighted by molar-refractivity contribution is -0.0504. The molecule has 0 fully saturated rings. The lowest BCUT2D eigenvalue weighted by Crippen LogP contribution is -2.28. The van der Waals surface area contributed by atoms with Crippen LogP contribution in [0, 0.1) is 0 Å². The van der Waals surface area contributed by atoms with Crippen molar-refractivity contribution in [3.05, 3.63) is 88.3 Å². The fourth-order valence-electron chi connectivity index (χ4n) is 2.41. The van der Waals surface area contributed by atoms with E-state index in [1.807, 2.05) is 0 Å². The molecule has 3 rings (SSSR count). The average molecular weight is 371 g/mol. The largest absolute Gasteiger partial charge is 0.434 e. The van der Waals surface area contributed by atoms with Crippen molar-refractivity contribution < 1.29 is 18.3 Å². The highest BCUT2D eigenvalue weighted by atomic mass is 19.3. The Labute approximate surface area is 153 Å². The Morgan fingerprint density at radius 2 is 1.74 bits per heavy atom. The highest BCUT2D eigenvalue weighted by Crippen LogP contribution is 2.20. The Hall–Kier alpha value is -3.55. The average Bonchev–Trinajstić information content (AvgIpc) is 2.67. The number of alkyl halides is 2. The van der Waals surface area contributed by atoms with Crippen LogP contribution < -0.4 is 15.6 Å². The number of carbonyl (C=O) groups is 1. The van der Waals surface area contributed by atoms with Gasteiger partial charge in [0.05, 0.1) is 5.69 Å². The number of carbonyl (C=O) groups excluding carboxylic acids is 1. The second-order valence-electron chi connectivity index (χ2n) is 5.47. The number of nitrogens with zero attached hydrogens (tertiary/aromatic N) is 2. The van der Waals surface area contributed by atoms with Gasteiger partial charge in [0, 0.05) is 18.2 Å². The van der Waals surface area contributed by atoms with E-state index in [0.29, 0.717) is 11.3 Å². The molecule has 138 valence electrons. The van der Waals surface area contributed by atoms with Crippen LogP contribution in [0.15, 0.2) is 71.5 Å².